The number of carbonyl (C=O) groups is 2. The lowest BCUT2D eigenvalue weighted by atomic mass is 9.85. The van der Waals surface area contributed by atoms with Gasteiger partial charge < -0.3 is 24.1 Å². The highest BCUT2D eigenvalue weighted by atomic mass is 16.6. The molecule has 0 aromatic heterocycles. The predicted octanol–water partition coefficient (Wildman–Crippen LogP) is 3.86. The largest absolute Gasteiger partial charge is 0.497 e. The summed E-state index contributed by atoms with van der Waals surface area (Å²) in [5.41, 5.74) is 0.0346. The van der Waals surface area contributed by atoms with Gasteiger partial charge in [-0.05, 0) is 36.6 Å². The lowest BCUT2D eigenvalue weighted by Crippen LogP contribution is -2.39. The molecule has 3 rings (SSSR count). The van der Waals surface area contributed by atoms with Crippen molar-refractivity contribution in [1.82, 2.24) is 0 Å². The van der Waals surface area contributed by atoms with E-state index >= 15 is 0 Å². The summed E-state index contributed by atoms with van der Waals surface area (Å²) in [5.74, 6) is -0.229. The van der Waals surface area contributed by atoms with Crippen molar-refractivity contribution in [2.45, 2.75) is 84.1 Å². The molecule has 7 nitrogen and oxygen atoms in total. The van der Waals surface area contributed by atoms with Crippen LogP contribution in [0.4, 0.5) is 0 Å². The fraction of sp³-hybridized carbons (Fsp3) is 0.630. The standard InChI is InChI=1S/C27H38O7/c1-16(2)21(28)13-24-27(5,34-24)26(30)18(4)22-12-7-17(3)23(14-25(29)33-22)32-15-19-8-10-20(31-6)11-9-19/h7-12,16-18,21-24,28H,13-15H2,1-6H3/b12-7-/t17-,18-,21-,22-,23+,24+,27-/m0/s1. The molecule has 0 saturated carbocycles. The molecule has 0 aliphatic carbocycles. The van der Waals surface area contributed by atoms with Crippen molar-refractivity contribution >= 4 is 11.8 Å². The summed E-state index contributed by atoms with van der Waals surface area (Å²) in [5, 5.41) is 10.1. The van der Waals surface area contributed by atoms with Crippen molar-refractivity contribution in [3.8, 4) is 5.75 Å². The summed E-state index contributed by atoms with van der Waals surface area (Å²) in [6.07, 6.45) is 2.43. The van der Waals surface area contributed by atoms with Crippen LogP contribution in [0.3, 0.4) is 0 Å². The molecule has 2 aliphatic rings. The van der Waals surface area contributed by atoms with Gasteiger partial charge in [0.05, 0.1) is 44.4 Å². The molecule has 0 amide bonds. The van der Waals surface area contributed by atoms with Crippen molar-refractivity contribution < 1.29 is 33.6 Å². The second-order valence-corrected chi connectivity index (χ2v) is 10.0. The first-order valence-electron chi connectivity index (χ1n) is 12.1. The van der Waals surface area contributed by atoms with Gasteiger partial charge in [0.1, 0.15) is 11.9 Å². The fourth-order valence-electron chi connectivity index (χ4n) is 4.25. The molecule has 0 spiro atoms. The quantitative estimate of drug-likeness (QED) is 0.313. The smallest absolute Gasteiger partial charge is 0.309 e. The lowest BCUT2D eigenvalue weighted by molar-refractivity contribution is -0.155. The molecule has 2 aliphatic heterocycles. The Labute approximate surface area is 202 Å². The Balaban J connectivity index is 1.59. The Hall–Kier alpha value is -2.22. The minimum absolute atomic E-state index is 0.0300. The zero-order valence-corrected chi connectivity index (χ0v) is 21.0. The minimum atomic E-state index is -0.951. The van der Waals surface area contributed by atoms with Crippen molar-refractivity contribution in [3.63, 3.8) is 0 Å². The summed E-state index contributed by atoms with van der Waals surface area (Å²) in [6, 6.07) is 7.60. The summed E-state index contributed by atoms with van der Waals surface area (Å²) >= 11 is 0. The van der Waals surface area contributed by atoms with Gasteiger partial charge in [0.15, 0.2) is 11.4 Å². The number of ketones is 1. The molecular formula is C27H38O7. The normalized spacial score (nSPS) is 31.7. The van der Waals surface area contributed by atoms with Gasteiger partial charge in [-0.3, -0.25) is 9.59 Å². The second-order valence-electron chi connectivity index (χ2n) is 10.0. The van der Waals surface area contributed by atoms with E-state index in [0.29, 0.717) is 13.0 Å². The zero-order chi connectivity index (χ0) is 25.0. The molecule has 34 heavy (non-hydrogen) atoms. The summed E-state index contributed by atoms with van der Waals surface area (Å²) in [4.78, 5) is 25.8. The van der Waals surface area contributed by atoms with E-state index in [-0.39, 0.29) is 36.2 Å². The molecule has 1 aromatic carbocycles. The van der Waals surface area contributed by atoms with Crippen LogP contribution in [0.2, 0.25) is 0 Å². The van der Waals surface area contributed by atoms with Crippen LogP contribution in [-0.2, 0) is 30.4 Å². The van der Waals surface area contributed by atoms with Crippen molar-refractivity contribution in [2.24, 2.45) is 17.8 Å². The number of hydrogen-bond donors (Lipinski definition) is 1. The SMILES string of the molecule is COc1ccc(CO[C@@H]2CC(=O)O[C@H]([C@H](C)C(=O)[C@@]3(C)O[C@@H]3C[C@H](O)C(C)C)/C=C\[C@@H]2C)cc1. The van der Waals surface area contributed by atoms with Crippen LogP contribution in [0.15, 0.2) is 36.4 Å². The van der Waals surface area contributed by atoms with Gasteiger partial charge >= 0.3 is 5.97 Å². The Morgan fingerprint density at radius 3 is 2.50 bits per heavy atom. The highest BCUT2D eigenvalue weighted by Crippen LogP contribution is 2.43. The summed E-state index contributed by atoms with van der Waals surface area (Å²) in [7, 11) is 1.62. The van der Waals surface area contributed by atoms with Gasteiger partial charge in [0, 0.05) is 12.3 Å². The molecule has 188 valence electrons. The molecule has 0 bridgehead atoms. The lowest BCUT2D eigenvalue weighted by Gasteiger charge is -2.28. The van der Waals surface area contributed by atoms with Gasteiger partial charge in [0.2, 0.25) is 0 Å². The molecule has 1 N–H and O–H groups in total. The topological polar surface area (TPSA) is 94.6 Å². The van der Waals surface area contributed by atoms with Gasteiger partial charge in [-0.25, -0.2) is 0 Å². The van der Waals surface area contributed by atoms with Crippen molar-refractivity contribution in [1.29, 1.82) is 0 Å². The number of Topliss-reactive ketones (excluding diaryl/α,β-unsaturated/α-hetero) is 1. The van der Waals surface area contributed by atoms with Crippen LogP contribution in [0.25, 0.3) is 0 Å². The molecular weight excluding hydrogens is 436 g/mol. The molecule has 0 unspecified atom stereocenters. The number of rotatable bonds is 10. The number of cyclic esters (lactones) is 1. The average molecular weight is 475 g/mol. The van der Waals surface area contributed by atoms with E-state index in [0.717, 1.165) is 11.3 Å². The highest BCUT2D eigenvalue weighted by Gasteiger charge is 2.60. The van der Waals surface area contributed by atoms with E-state index < -0.39 is 29.7 Å². The highest BCUT2D eigenvalue weighted by molar-refractivity contribution is 5.92. The first kappa shape index (κ1) is 26.4. The van der Waals surface area contributed by atoms with E-state index in [1.807, 2.05) is 51.1 Å². The molecule has 1 aromatic rings. The zero-order valence-electron chi connectivity index (χ0n) is 21.0. The number of carbonyl (C=O) groups excluding carboxylic acids is 2. The molecule has 1 saturated heterocycles. The number of benzene rings is 1. The van der Waals surface area contributed by atoms with Crippen LogP contribution < -0.4 is 4.74 Å². The maximum absolute atomic E-state index is 13.2. The van der Waals surface area contributed by atoms with Crippen molar-refractivity contribution in [2.75, 3.05) is 7.11 Å². The Morgan fingerprint density at radius 2 is 1.88 bits per heavy atom. The van der Waals surface area contributed by atoms with Crippen LogP contribution >= 0.6 is 0 Å². The van der Waals surface area contributed by atoms with Crippen LogP contribution in [0.5, 0.6) is 5.75 Å². The van der Waals surface area contributed by atoms with Gasteiger partial charge in [-0.2, -0.15) is 0 Å². The van der Waals surface area contributed by atoms with E-state index in [4.69, 9.17) is 18.9 Å². The molecule has 7 heteroatoms. The number of aliphatic hydroxyl groups excluding tert-OH is 1. The van der Waals surface area contributed by atoms with E-state index in [2.05, 4.69) is 0 Å². The predicted molar refractivity (Wildman–Crippen MR) is 127 cm³/mol. The summed E-state index contributed by atoms with van der Waals surface area (Å²) in [6.45, 7) is 9.75. The Kier molecular flexibility index (Phi) is 8.55. The first-order chi connectivity index (χ1) is 16.0. The Morgan fingerprint density at radius 1 is 1.21 bits per heavy atom. The molecule has 7 atom stereocenters. The number of hydrogen-bond acceptors (Lipinski definition) is 7. The molecule has 1 fully saturated rings. The van der Waals surface area contributed by atoms with Crippen LogP contribution in [0, 0.1) is 17.8 Å². The van der Waals surface area contributed by atoms with Crippen LogP contribution in [-0.4, -0.2) is 54.0 Å². The third kappa shape index (κ3) is 6.26. The minimum Gasteiger partial charge on any atom is -0.497 e. The van der Waals surface area contributed by atoms with Gasteiger partial charge in [0.25, 0.3) is 0 Å². The number of methoxy groups -OCH3 is 1. The Bertz CT molecular complexity index is 877. The van der Waals surface area contributed by atoms with E-state index in [1.165, 1.54) is 0 Å². The maximum Gasteiger partial charge on any atom is 0.309 e. The maximum atomic E-state index is 13.2. The van der Waals surface area contributed by atoms with Crippen molar-refractivity contribution in [3.05, 3.63) is 42.0 Å². The van der Waals surface area contributed by atoms with E-state index in [1.54, 1.807) is 27.0 Å². The van der Waals surface area contributed by atoms with Crippen LogP contribution in [0.1, 0.15) is 53.0 Å². The number of esters is 1. The third-order valence-electron chi connectivity index (χ3n) is 7.01. The average Bonchev–Trinajstić information content (AvgIpc) is 3.47. The molecule has 0 radical (unpaired) electrons. The number of aliphatic hydroxyl groups is 1. The second kappa shape index (κ2) is 11.0. The monoisotopic (exact) mass is 474 g/mol. The van der Waals surface area contributed by atoms with Gasteiger partial charge in [-0.1, -0.05) is 45.9 Å². The fourth-order valence-corrected chi connectivity index (χ4v) is 4.25. The first-order valence-corrected chi connectivity index (χ1v) is 12.1. The number of epoxide rings is 1. The number of ether oxygens (including phenoxy) is 4. The third-order valence-corrected chi connectivity index (χ3v) is 7.01. The summed E-state index contributed by atoms with van der Waals surface area (Å²) < 4.78 is 22.6. The molecule has 2 heterocycles. The van der Waals surface area contributed by atoms with E-state index in [9.17, 15) is 14.7 Å². The van der Waals surface area contributed by atoms with Gasteiger partial charge in [-0.15, -0.1) is 0 Å².